The number of piperidine rings is 1. The lowest BCUT2D eigenvalue weighted by atomic mass is 9.57. The van der Waals surface area contributed by atoms with Crippen molar-refractivity contribution in [3.63, 3.8) is 0 Å². The lowest BCUT2D eigenvalue weighted by Crippen LogP contribution is -2.51. The van der Waals surface area contributed by atoms with Gasteiger partial charge in [-0.25, -0.2) is 0 Å². The van der Waals surface area contributed by atoms with Gasteiger partial charge in [0.15, 0.2) is 0 Å². The molecule has 1 spiro atoms. The lowest BCUT2D eigenvalue weighted by Gasteiger charge is -2.54. The van der Waals surface area contributed by atoms with Crippen LogP contribution in [-0.4, -0.2) is 32.9 Å². The molecule has 2 aromatic heterocycles. The Morgan fingerprint density at radius 3 is 2.25 bits per heavy atom. The molecule has 7 aromatic rings. The van der Waals surface area contributed by atoms with E-state index in [-0.39, 0.29) is 11.3 Å². The van der Waals surface area contributed by atoms with Crippen LogP contribution in [0.15, 0.2) is 145 Å². The van der Waals surface area contributed by atoms with Gasteiger partial charge in [0, 0.05) is 54.7 Å². The topological polar surface area (TPSA) is 90.7 Å². The zero-order valence-electron chi connectivity index (χ0n) is 35.6. The monoisotopic (exact) mass is 809 g/mol. The first-order valence-electron chi connectivity index (χ1n) is 21.7. The first kappa shape index (κ1) is 40.1. The van der Waals surface area contributed by atoms with Crippen LogP contribution in [0.1, 0.15) is 80.7 Å². The minimum Gasteiger partial charge on any atom is -0.508 e. The molecule has 3 heterocycles. The Morgan fingerprint density at radius 1 is 0.852 bits per heavy atom. The highest BCUT2D eigenvalue weighted by Gasteiger charge is 2.46. The normalized spacial score (nSPS) is 18.2. The van der Waals surface area contributed by atoms with Gasteiger partial charge in [-0.1, -0.05) is 79.7 Å². The number of aromatic nitrogens is 2. The van der Waals surface area contributed by atoms with Crippen LogP contribution in [0.4, 0.5) is 5.69 Å². The predicted octanol–water partition coefficient (Wildman–Crippen LogP) is 11.9. The van der Waals surface area contributed by atoms with E-state index < -0.39 is 5.60 Å². The molecule has 310 valence electrons. The molecule has 1 aliphatic carbocycles. The van der Waals surface area contributed by atoms with Crippen LogP contribution < -0.4 is 15.2 Å². The maximum Gasteiger partial charge on any atom is 0.274 e. The van der Waals surface area contributed by atoms with Crippen LogP contribution in [0, 0.1) is 11.3 Å². The summed E-state index contributed by atoms with van der Waals surface area (Å²) in [5.41, 5.74) is 10.8. The number of aliphatic hydroxyl groups is 1. The highest BCUT2D eigenvalue weighted by atomic mass is 16.5. The minimum absolute atomic E-state index is 0.0936. The van der Waals surface area contributed by atoms with Gasteiger partial charge in [-0.05, 0) is 157 Å². The summed E-state index contributed by atoms with van der Waals surface area (Å²) >= 11 is 0. The standard InChI is InChI=1S/C54H55N3O4/c1-5-45(38-10-7-6-8-11-38)50(40-16-21-43(58)22-17-40)39-14-19-42(20-15-39)57-29-9-27-54(35-57)32-37(33-54)30-36-12-23-44(24-13-36)61-49-25-18-41(53(2,3)60)31-47(49)48-34-56(4)52(59)51-46(48)26-28-55-51/h6-8,10-26,28,31,34,37,55,58,60H,5,9,27,29-30,32-33,35H2,1-4H3/b50-45+. The number of rotatable bonds is 11. The number of phenolic OH excluding ortho intramolecular Hbond substituents is 1. The second-order valence-electron chi connectivity index (χ2n) is 17.9. The quantitative estimate of drug-likeness (QED) is 0.113. The van der Waals surface area contributed by atoms with E-state index in [1.807, 2.05) is 42.6 Å². The number of fused-ring (bicyclic) bond motifs is 1. The van der Waals surface area contributed by atoms with E-state index in [1.54, 1.807) is 43.8 Å². The third-order valence-corrected chi connectivity index (χ3v) is 13.1. The molecule has 0 unspecified atom stereocenters. The van der Waals surface area contributed by atoms with Gasteiger partial charge < -0.3 is 29.4 Å². The zero-order chi connectivity index (χ0) is 42.3. The van der Waals surface area contributed by atoms with E-state index in [0.717, 1.165) is 59.3 Å². The molecule has 0 amide bonds. The first-order chi connectivity index (χ1) is 29.5. The molecule has 1 aliphatic heterocycles. The Bertz CT molecular complexity index is 2750. The smallest absolute Gasteiger partial charge is 0.274 e. The van der Waals surface area contributed by atoms with Crippen molar-refractivity contribution in [2.75, 3.05) is 18.0 Å². The fourth-order valence-corrected chi connectivity index (χ4v) is 10.1. The molecule has 7 heteroatoms. The van der Waals surface area contributed by atoms with Crippen LogP contribution in [0.2, 0.25) is 0 Å². The van der Waals surface area contributed by atoms with Crippen molar-refractivity contribution in [2.24, 2.45) is 18.4 Å². The van der Waals surface area contributed by atoms with Crippen LogP contribution in [0.5, 0.6) is 17.2 Å². The van der Waals surface area contributed by atoms with Gasteiger partial charge in [0.05, 0.1) is 5.60 Å². The number of phenols is 1. The van der Waals surface area contributed by atoms with Gasteiger partial charge in [-0.2, -0.15) is 0 Å². The van der Waals surface area contributed by atoms with E-state index in [1.165, 1.54) is 59.2 Å². The number of pyridine rings is 1. The Hall–Kier alpha value is -6.31. The molecule has 9 rings (SSSR count). The number of benzene rings is 5. The molecule has 2 fully saturated rings. The highest BCUT2D eigenvalue weighted by Crippen LogP contribution is 2.53. The van der Waals surface area contributed by atoms with E-state index in [9.17, 15) is 15.0 Å². The zero-order valence-corrected chi connectivity index (χ0v) is 35.6. The Kier molecular flexibility index (Phi) is 10.7. The summed E-state index contributed by atoms with van der Waals surface area (Å²) < 4.78 is 8.14. The number of aryl methyl sites for hydroxylation is 1. The van der Waals surface area contributed by atoms with Gasteiger partial charge in [-0.15, -0.1) is 0 Å². The van der Waals surface area contributed by atoms with Gasteiger partial charge in [0.1, 0.15) is 22.8 Å². The fourth-order valence-electron chi connectivity index (χ4n) is 10.1. The molecule has 1 saturated heterocycles. The summed E-state index contributed by atoms with van der Waals surface area (Å²) in [5, 5.41) is 21.8. The predicted molar refractivity (Wildman–Crippen MR) is 248 cm³/mol. The second kappa shape index (κ2) is 16.3. The van der Waals surface area contributed by atoms with E-state index in [2.05, 4.69) is 95.7 Å². The van der Waals surface area contributed by atoms with Crippen molar-refractivity contribution in [1.29, 1.82) is 0 Å². The number of hydrogen-bond donors (Lipinski definition) is 3. The van der Waals surface area contributed by atoms with Crippen molar-refractivity contribution in [3.05, 3.63) is 178 Å². The number of allylic oxidation sites excluding steroid dienone is 1. The second-order valence-corrected chi connectivity index (χ2v) is 17.9. The van der Waals surface area contributed by atoms with Gasteiger partial charge in [0.2, 0.25) is 0 Å². The van der Waals surface area contributed by atoms with Crippen LogP contribution in [0.25, 0.3) is 33.2 Å². The molecule has 0 atom stereocenters. The Morgan fingerprint density at radius 2 is 1.56 bits per heavy atom. The van der Waals surface area contributed by atoms with E-state index >= 15 is 0 Å². The van der Waals surface area contributed by atoms with Gasteiger partial charge >= 0.3 is 0 Å². The third kappa shape index (κ3) is 8.15. The number of H-pyrrole nitrogens is 1. The summed E-state index contributed by atoms with van der Waals surface area (Å²) in [4.78, 5) is 18.6. The van der Waals surface area contributed by atoms with Crippen LogP contribution >= 0.6 is 0 Å². The molecule has 61 heavy (non-hydrogen) atoms. The van der Waals surface area contributed by atoms with Crippen LogP contribution in [-0.2, 0) is 19.1 Å². The van der Waals surface area contributed by atoms with E-state index in [0.29, 0.717) is 22.6 Å². The summed E-state index contributed by atoms with van der Waals surface area (Å²) in [6.45, 7) is 7.94. The maximum atomic E-state index is 12.9. The van der Waals surface area contributed by atoms with Crippen LogP contribution in [0.3, 0.4) is 0 Å². The Balaban J connectivity index is 0.874. The van der Waals surface area contributed by atoms with Crippen molar-refractivity contribution in [2.45, 2.75) is 64.9 Å². The lowest BCUT2D eigenvalue weighted by molar-refractivity contribution is 0.0386. The average molecular weight is 810 g/mol. The molecular formula is C54H55N3O4. The first-order valence-corrected chi connectivity index (χ1v) is 21.7. The summed E-state index contributed by atoms with van der Waals surface area (Å²) in [7, 11) is 1.75. The molecule has 0 bridgehead atoms. The molecular weight excluding hydrogens is 755 g/mol. The minimum atomic E-state index is -1.05. The van der Waals surface area contributed by atoms with Crippen molar-refractivity contribution >= 4 is 27.7 Å². The van der Waals surface area contributed by atoms with Crippen molar-refractivity contribution < 1.29 is 14.9 Å². The fraction of sp³-hybridized carbons (Fsp3) is 0.278. The van der Waals surface area contributed by atoms with E-state index in [4.69, 9.17) is 4.74 Å². The molecule has 1 saturated carbocycles. The number of nitrogens with zero attached hydrogens (tertiary/aromatic N) is 2. The van der Waals surface area contributed by atoms with Crippen molar-refractivity contribution in [3.8, 4) is 28.4 Å². The SMILES string of the molecule is CC/C(=C(\c1ccc(O)cc1)c1ccc(N2CCCC3(CC(Cc4ccc(Oc5ccc(C(C)(C)O)cc5-c5cn(C)c(=O)c6[nH]ccc56)cc4)C3)C2)cc1)c1ccccc1. The maximum absolute atomic E-state index is 12.9. The number of anilines is 1. The summed E-state index contributed by atoms with van der Waals surface area (Å²) in [6.07, 6.45) is 10.6. The summed E-state index contributed by atoms with van der Waals surface area (Å²) in [5.74, 6) is 2.34. The average Bonchev–Trinajstić information content (AvgIpc) is 3.76. The van der Waals surface area contributed by atoms with Crippen molar-refractivity contribution in [1.82, 2.24) is 9.55 Å². The number of hydrogen-bond acceptors (Lipinski definition) is 5. The molecule has 0 radical (unpaired) electrons. The number of ether oxygens (including phenoxy) is 1. The van der Waals surface area contributed by atoms with Gasteiger partial charge in [-0.3, -0.25) is 4.79 Å². The number of aromatic hydroxyl groups is 1. The largest absolute Gasteiger partial charge is 0.508 e. The number of aromatic amines is 1. The molecule has 5 aromatic carbocycles. The molecule has 2 aliphatic rings. The number of nitrogens with one attached hydrogen (secondary N) is 1. The third-order valence-electron chi connectivity index (χ3n) is 13.1. The summed E-state index contributed by atoms with van der Waals surface area (Å²) in [6, 6.07) is 43.6. The molecule has 3 N–H and O–H groups in total. The Labute approximate surface area is 358 Å². The highest BCUT2D eigenvalue weighted by molar-refractivity contribution is 5.99. The molecule has 7 nitrogen and oxygen atoms in total. The van der Waals surface area contributed by atoms with Gasteiger partial charge in [0.25, 0.3) is 5.56 Å².